The van der Waals surface area contributed by atoms with Gasteiger partial charge in [-0.25, -0.2) is 9.59 Å². The number of hydrogen-bond acceptors (Lipinski definition) is 7. The van der Waals surface area contributed by atoms with Crippen LogP contribution in [0.2, 0.25) is 0 Å². The molecule has 3 N–H and O–H groups in total. The second kappa shape index (κ2) is 5.97. The summed E-state index contributed by atoms with van der Waals surface area (Å²) in [6, 6.07) is 6.93. The van der Waals surface area contributed by atoms with E-state index >= 15 is 0 Å². The van der Waals surface area contributed by atoms with E-state index in [9.17, 15) is 14.4 Å². The zero-order valence-electron chi connectivity index (χ0n) is 12.9. The van der Waals surface area contributed by atoms with Crippen LogP contribution in [-0.4, -0.2) is 25.0 Å². The van der Waals surface area contributed by atoms with Gasteiger partial charge in [0.1, 0.15) is 9.88 Å². The van der Waals surface area contributed by atoms with Gasteiger partial charge in [-0.05, 0) is 18.6 Å². The van der Waals surface area contributed by atoms with Gasteiger partial charge in [0, 0.05) is 5.56 Å². The Balaban J connectivity index is 2.01. The molecule has 1 aliphatic rings. The summed E-state index contributed by atoms with van der Waals surface area (Å²) in [7, 11) is 1.26. The quantitative estimate of drug-likeness (QED) is 0.822. The van der Waals surface area contributed by atoms with Gasteiger partial charge in [0.15, 0.2) is 0 Å². The summed E-state index contributed by atoms with van der Waals surface area (Å²) in [5.74, 6) is -1.69. The van der Waals surface area contributed by atoms with Crippen molar-refractivity contribution in [3.8, 4) is 0 Å². The topological polar surface area (TPSA) is 108 Å². The zero-order chi connectivity index (χ0) is 17.4. The van der Waals surface area contributed by atoms with Crippen molar-refractivity contribution in [1.82, 2.24) is 0 Å². The average molecular weight is 346 g/mol. The van der Waals surface area contributed by atoms with Crippen LogP contribution in [0.3, 0.4) is 0 Å². The molecule has 0 radical (unpaired) electrons. The number of benzene rings is 1. The molecule has 0 unspecified atom stereocenters. The summed E-state index contributed by atoms with van der Waals surface area (Å²) >= 11 is 1.03. The van der Waals surface area contributed by atoms with E-state index < -0.39 is 24.1 Å². The van der Waals surface area contributed by atoms with Gasteiger partial charge in [-0.1, -0.05) is 18.2 Å². The highest BCUT2D eigenvalue weighted by Gasteiger charge is 2.33. The van der Waals surface area contributed by atoms with Gasteiger partial charge in [-0.2, -0.15) is 0 Å². The Kier molecular flexibility index (Phi) is 3.98. The molecule has 0 bridgehead atoms. The third-order valence-corrected chi connectivity index (χ3v) is 4.92. The van der Waals surface area contributed by atoms with Gasteiger partial charge in [-0.15, -0.1) is 11.3 Å². The van der Waals surface area contributed by atoms with E-state index in [0.29, 0.717) is 21.7 Å². The molecule has 0 fully saturated rings. The number of anilines is 1. The largest absolute Gasteiger partial charge is 0.465 e. The van der Waals surface area contributed by atoms with Crippen molar-refractivity contribution in [2.45, 2.75) is 13.2 Å². The number of carbonyl (C=O) groups excluding carboxylic acids is 3. The Morgan fingerprint density at radius 2 is 2.04 bits per heavy atom. The summed E-state index contributed by atoms with van der Waals surface area (Å²) in [4.78, 5) is 35.8. The molecule has 1 atom stereocenters. The lowest BCUT2D eigenvalue weighted by molar-refractivity contribution is 0.0437. The molecule has 8 heteroatoms. The first-order valence-corrected chi connectivity index (χ1v) is 7.83. The number of rotatable bonds is 4. The second-order valence-corrected chi connectivity index (χ2v) is 6.15. The van der Waals surface area contributed by atoms with Crippen LogP contribution in [0.15, 0.2) is 24.3 Å². The number of nitrogens with two attached hydrogens (primary N) is 1. The van der Waals surface area contributed by atoms with Crippen molar-refractivity contribution in [2.24, 2.45) is 5.73 Å². The molecule has 0 spiro atoms. The minimum absolute atomic E-state index is 0.181. The van der Waals surface area contributed by atoms with Gasteiger partial charge in [-0.3, -0.25) is 4.79 Å². The maximum absolute atomic E-state index is 11.9. The number of hydrogen-bond donors (Lipinski definition) is 2. The third kappa shape index (κ3) is 2.50. The number of primary amides is 1. The lowest BCUT2D eigenvalue weighted by Crippen LogP contribution is -2.16. The van der Waals surface area contributed by atoms with Crippen LogP contribution in [-0.2, 0) is 9.47 Å². The van der Waals surface area contributed by atoms with Crippen molar-refractivity contribution < 1.29 is 23.9 Å². The predicted molar refractivity (Wildman–Crippen MR) is 87.1 cm³/mol. The number of nitrogens with one attached hydrogen (secondary N) is 1. The normalized spacial score (nSPS) is 15.6. The molecule has 3 rings (SSSR count). The van der Waals surface area contributed by atoms with Gasteiger partial charge >= 0.3 is 11.9 Å². The highest BCUT2D eigenvalue weighted by atomic mass is 32.1. The fourth-order valence-corrected chi connectivity index (χ4v) is 3.72. The van der Waals surface area contributed by atoms with Crippen LogP contribution in [0, 0.1) is 6.92 Å². The maximum Gasteiger partial charge on any atom is 0.348 e. The molecule has 2 heterocycles. The van der Waals surface area contributed by atoms with E-state index in [-0.39, 0.29) is 10.4 Å². The minimum Gasteiger partial charge on any atom is -0.465 e. The molecule has 124 valence electrons. The number of thiophene rings is 1. The zero-order valence-corrected chi connectivity index (χ0v) is 13.7. The van der Waals surface area contributed by atoms with E-state index in [1.807, 2.05) is 0 Å². The number of carbonyl (C=O) groups is 3. The molecule has 1 aromatic carbocycles. The highest BCUT2D eigenvalue weighted by Crippen LogP contribution is 2.38. The molecule has 7 nitrogen and oxygen atoms in total. The van der Waals surface area contributed by atoms with Gasteiger partial charge in [0.05, 0.1) is 18.2 Å². The standard InChI is InChI=1S/C16H14N2O5S/c1-7-10(12(17)19)14(24-11(7)16(21)22-2)18-13-8-5-3-4-6-9(8)15(20)23-13/h3-6,13,18H,1-2H3,(H2,17,19)/t13-/m0/s1. The Hall–Kier alpha value is -2.87. The van der Waals surface area contributed by atoms with E-state index in [0.717, 1.165) is 11.3 Å². The molecule has 1 aliphatic heterocycles. The first-order valence-electron chi connectivity index (χ1n) is 7.02. The number of amides is 1. The van der Waals surface area contributed by atoms with Crippen LogP contribution < -0.4 is 11.1 Å². The lowest BCUT2D eigenvalue weighted by atomic mass is 10.1. The number of fused-ring (bicyclic) bond motifs is 1. The van der Waals surface area contributed by atoms with Gasteiger partial charge in [0.2, 0.25) is 6.23 Å². The summed E-state index contributed by atoms with van der Waals surface area (Å²) < 4.78 is 10.0. The van der Waals surface area contributed by atoms with Gasteiger partial charge in [0.25, 0.3) is 5.91 Å². The molecule has 24 heavy (non-hydrogen) atoms. The Bertz CT molecular complexity index is 858. The fraction of sp³-hybridized carbons (Fsp3) is 0.188. The molecule has 0 saturated carbocycles. The molecule has 1 amide bonds. The average Bonchev–Trinajstić information content (AvgIpc) is 3.05. The number of ether oxygens (including phenoxy) is 2. The summed E-state index contributed by atoms with van der Waals surface area (Å²) in [5, 5.41) is 3.34. The molecular weight excluding hydrogens is 332 g/mol. The highest BCUT2D eigenvalue weighted by molar-refractivity contribution is 7.18. The second-order valence-electron chi connectivity index (χ2n) is 5.13. The van der Waals surface area contributed by atoms with Gasteiger partial charge < -0.3 is 20.5 Å². The van der Waals surface area contributed by atoms with Crippen molar-refractivity contribution in [3.05, 3.63) is 51.4 Å². The van der Waals surface area contributed by atoms with Crippen molar-refractivity contribution >= 4 is 34.2 Å². The van der Waals surface area contributed by atoms with Crippen LogP contribution in [0.4, 0.5) is 5.00 Å². The smallest absolute Gasteiger partial charge is 0.348 e. The van der Waals surface area contributed by atoms with Crippen LogP contribution in [0.1, 0.15) is 47.7 Å². The van der Waals surface area contributed by atoms with Crippen LogP contribution >= 0.6 is 11.3 Å². The Morgan fingerprint density at radius 1 is 1.33 bits per heavy atom. The first-order chi connectivity index (χ1) is 11.4. The van der Waals surface area contributed by atoms with Crippen LogP contribution in [0.5, 0.6) is 0 Å². The predicted octanol–water partition coefficient (Wildman–Crippen LogP) is 2.22. The number of esters is 2. The van der Waals surface area contributed by atoms with E-state index in [1.165, 1.54) is 7.11 Å². The number of cyclic esters (lactones) is 1. The van der Waals surface area contributed by atoms with E-state index in [2.05, 4.69) is 5.32 Å². The maximum atomic E-state index is 11.9. The Labute approximate surface area is 141 Å². The number of methoxy groups -OCH3 is 1. The molecule has 0 aliphatic carbocycles. The van der Waals surface area contributed by atoms with Crippen LogP contribution in [0.25, 0.3) is 0 Å². The van der Waals surface area contributed by atoms with E-state index in [1.54, 1.807) is 31.2 Å². The fourth-order valence-electron chi connectivity index (χ4n) is 2.57. The van der Waals surface area contributed by atoms with Crippen molar-refractivity contribution in [1.29, 1.82) is 0 Å². The molecule has 1 aromatic heterocycles. The molecule has 0 saturated heterocycles. The SMILES string of the molecule is COC(=O)c1sc(N[C@H]2OC(=O)c3ccccc32)c(C(N)=O)c1C. The summed E-state index contributed by atoms with van der Waals surface area (Å²) in [6.45, 7) is 1.61. The van der Waals surface area contributed by atoms with E-state index in [4.69, 9.17) is 15.2 Å². The summed E-state index contributed by atoms with van der Waals surface area (Å²) in [5.41, 5.74) is 7.16. The van der Waals surface area contributed by atoms with Crippen molar-refractivity contribution in [2.75, 3.05) is 12.4 Å². The summed E-state index contributed by atoms with van der Waals surface area (Å²) in [6.07, 6.45) is -0.754. The monoisotopic (exact) mass is 346 g/mol. The lowest BCUT2D eigenvalue weighted by Gasteiger charge is -2.13. The third-order valence-electron chi connectivity index (χ3n) is 3.71. The Morgan fingerprint density at radius 3 is 2.71 bits per heavy atom. The molecule has 2 aromatic rings. The van der Waals surface area contributed by atoms with Crippen molar-refractivity contribution in [3.63, 3.8) is 0 Å². The minimum atomic E-state index is -0.754. The first kappa shape index (κ1) is 16.0. The molecular formula is C16H14N2O5S.